The lowest BCUT2D eigenvalue weighted by atomic mass is 9.35. The summed E-state index contributed by atoms with van der Waals surface area (Å²) in [5, 5.41) is 7.03. The highest BCUT2D eigenvalue weighted by molar-refractivity contribution is 6.98. The zero-order valence-electron chi connectivity index (χ0n) is 48.5. The van der Waals surface area contributed by atoms with Gasteiger partial charge in [0.2, 0.25) is 13.4 Å². The van der Waals surface area contributed by atoms with Crippen molar-refractivity contribution in [3.63, 3.8) is 0 Å². The standard InChI is InChI=1S/C48H28BNO2.C36H25B/c1-2-12-30(13-3-1)50-43-19-9-6-16-33(43)38-24-29(22-23-44(38)50)49-41-25-39-34-17-7-10-20-45(34)51-47(39)27-36(41)31-14-4-5-15-32(31)37-28-48-40(26-42(37)49)35-18-8-11-21-46(35)52-48;1-4-12-26(13-5-1)28-20-22-33-31-18-10-11-19-32(31)34-23-21-29(27-14-6-2-7-15-27)25-36(34)37(35(33)24-28)30-16-8-3-9-17-30/h1-28H;1-25H. The van der Waals surface area contributed by atoms with Crippen LogP contribution in [0.15, 0.2) is 330 Å². The van der Waals surface area contributed by atoms with Gasteiger partial charge in [-0.1, -0.05) is 306 Å². The zero-order valence-corrected chi connectivity index (χ0v) is 48.5. The van der Waals surface area contributed by atoms with Gasteiger partial charge in [-0.05, 0) is 115 Å². The van der Waals surface area contributed by atoms with E-state index in [1.807, 2.05) is 12.1 Å². The number of hydrogen-bond acceptors (Lipinski definition) is 2. The molecular weight excluding hydrogens is 1080 g/mol. The fraction of sp³-hybridized carbons (Fsp3) is 0. The maximum absolute atomic E-state index is 6.52. The first-order valence-corrected chi connectivity index (χ1v) is 30.8. The van der Waals surface area contributed by atoms with E-state index in [1.54, 1.807) is 0 Å². The van der Waals surface area contributed by atoms with Crippen LogP contribution in [0, 0.1) is 0 Å². The number of benzene rings is 14. The van der Waals surface area contributed by atoms with Crippen LogP contribution in [0.5, 0.6) is 0 Å². The van der Waals surface area contributed by atoms with E-state index in [0.29, 0.717) is 0 Å². The lowest BCUT2D eigenvalue weighted by Gasteiger charge is -2.20. The van der Waals surface area contributed by atoms with E-state index in [1.165, 1.54) is 121 Å². The van der Waals surface area contributed by atoms with Crippen molar-refractivity contribution in [3.8, 4) is 72.4 Å². The van der Waals surface area contributed by atoms with Gasteiger partial charge in [0.25, 0.3) is 0 Å². The molecule has 412 valence electrons. The van der Waals surface area contributed by atoms with Crippen LogP contribution in [0.25, 0.3) is 138 Å². The van der Waals surface area contributed by atoms with Crippen LogP contribution in [0.2, 0.25) is 0 Å². The first-order valence-electron chi connectivity index (χ1n) is 30.8. The van der Waals surface area contributed by atoms with Gasteiger partial charge in [-0.3, -0.25) is 0 Å². The Morgan fingerprint density at radius 2 is 0.618 bits per heavy atom. The predicted molar refractivity (Wildman–Crippen MR) is 377 cm³/mol. The van der Waals surface area contributed by atoms with E-state index in [4.69, 9.17) is 8.83 Å². The van der Waals surface area contributed by atoms with Crippen LogP contribution in [-0.4, -0.2) is 18.0 Å². The summed E-state index contributed by atoms with van der Waals surface area (Å²) in [5.41, 5.74) is 29.9. The summed E-state index contributed by atoms with van der Waals surface area (Å²) < 4.78 is 15.4. The van der Waals surface area contributed by atoms with Gasteiger partial charge in [0, 0.05) is 38.0 Å². The zero-order chi connectivity index (χ0) is 58.5. The summed E-state index contributed by atoms with van der Waals surface area (Å²) in [6, 6.07) is 117. The van der Waals surface area contributed by atoms with Crippen LogP contribution in [0.4, 0.5) is 0 Å². The highest BCUT2D eigenvalue weighted by Gasteiger charge is 2.35. The second-order valence-corrected chi connectivity index (χ2v) is 23.7. The fourth-order valence-electron chi connectivity index (χ4n) is 14.9. The minimum absolute atomic E-state index is 0.0724. The lowest BCUT2D eigenvalue weighted by Crippen LogP contribution is -2.52. The molecule has 0 atom stereocenters. The third-order valence-corrected chi connectivity index (χ3v) is 18.9. The Bertz CT molecular complexity index is 5380. The average Bonchev–Trinajstić information content (AvgIpc) is 1.85. The molecule has 2 aliphatic rings. The van der Waals surface area contributed by atoms with Crippen molar-refractivity contribution in [2.45, 2.75) is 0 Å². The average molecular weight is 1130 g/mol. The van der Waals surface area contributed by atoms with Crippen LogP contribution in [0.3, 0.4) is 0 Å². The van der Waals surface area contributed by atoms with Crippen molar-refractivity contribution >= 4 is 112 Å². The molecule has 0 N–H and O–H groups in total. The third kappa shape index (κ3) is 8.30. The van der Waals surface area contributed by atoms with Crippen molar-refractivity contribution < 1.29 is 8.83 Å². The first kappa shape index (κ1) is 50.9. The Labute approximate surface area is 516 Å². The Morgan fingerprint density at radius 3 is 1.15 bits per heavy atom. The minimum atomic E-state index is -0.0724. The highest BCUT2D eigenvalue weighted by atomic mass is 16.3. The largest absolute Gasteiger partial charge is 0.456 e. The van der Waals surface area contributed by atoms with Crippen molar-refractivity contribution in [1.82, 2.24) is 4.57 Å². The normalized spacial score (nSPS) is 12.2. The maximum Gasteiger partial charge on any atom is 0.242 e. The molecule has 3 aromatic heterocycles. The Morgan fingerprint density at radius 1 is 0.213 bits per heavy atom. The van der Waals surface area contributed by atoms with Crippen LogP contribution in [0.1, 0.15) is 0 Å². The Balaban J connectivity index is 0.000000141. The number of aromatic nitrogens is 1. The van der Waals surface area contributed by atoms with E-state index in [2.05, 4.69) is 314 Å². The van der Waals surface area contributed by atoms with Crippen molar-refractivity contribution in [2.24, 2.45) is 0 Å². The smallest absolute Gasteiger partial charge is 0.242 e. The van der Waals surface area contributed by atoms with Crippen molar-refractivity contribution in [1.29, 1.82) is 0 Å². The summed E-state index contributed by atoms with van der Waals surface area (Å²) in [5.74, 6) is 0. The summed E-state index contributed by atoms with van der Waals surface area (Å²) in [6.07, 6.45) is 0. The molecular formula is C84H53B2NO2. The van der Waals surface area contributed by atoms with Crippen LogP contribution in [-0.2, 0) is 0 Å². The second-order valence-electron chi connectivity index (χ2n) is 23.7. The van der Waals surface area contributed by atoms with E-state index < -0.39 is 0 Å². The van der Waals surface area contributed by atoms with Crippen LogP contribution >= 0.6 is 0 Å². The number of furan rings is 2. The third-order valence-electron chi connectivity index (χ3n) is 18.9. The molecule has 89 heavy (non-hydrogen) atoms. The number of rotatable bonds is 5. The van der Waals surface area contributed by atoms with Crippen LogP contribution < -0.4 is 32.8 Å². The fourth-order valence-corrected chi connectivity index (χ4v) is 14.9. The molecule has 5 heterocycles. The van der Waals surface area contributed by atoms with Gasteiger partial charge in [0.1, 0.15) is 22.3 Å². The summed E-state index contributed by atoms with van der Waals surface area (Å²) in [6.45, 7) is 0.0442. The molecule has 5 heteroatoms. The molecule has 0 saturated carbocycles. The molecule has 0 amide bonds. The van der Waals surface area contributed by atoms with Gasteiger partial charge in [-0.2, -0.15) is 0 Å². The second kappa shape index (κ2) is 20.7. The van der Waals surface area contributed by atoms with Gasteiger partial charge in [-0.25, -0.2) is 0 Å². The molecule has 0 unspecified atom stereocenters. The number of nitrogens with zero attached hydrogens (tertiary/aromatic N) is 1. The van der Waals surface area contributed by atoms with Gasteiger partial charge < -0.3 is 13.4 Å². The summed E-state index contributed by atoms with van der Waals surface area (Å²) >= 11 is 0. The molecule has 0 saturated heterocycles. The number of fused-ring (bicyclic) bond motifs is 19. The number of hydrogen-bond donors (Lipinski definition) is 0. The minimum Gasteiger partial charge on any atom is -0.456 e. The molecule has 19 rings (SSSR count). The van der Waals surface area contributed by atoms with Crippen molar-refractivity contribution in [3.05, 3.63) is 322 Å². The Kier molecular flexibility index (Phi) is 11.8. The lowest BCUT2D eigenvalue weighted by molar-refractivity contribution is 0.668. The van der Waals surface area contributed by atoms with Gasteiger partial charge in [0.15, 0.2) is 0 Å². The molecule has 2 aliphatic heterocycles. The number of para-hydroxylation sites is 4. The van der Waals surface area contributed by atoms with Gasteiger partial charge in [-0.15, -0.1) is 0 Å². The molecule has 0 spiro atoms. The first-order chi connectivity index (χ1) is 44.1. The van der Waals surface area contributed by atoms with E-state index in [0.717, 1.165) is 49.6 Å². The Hall–Kier alpha value is -11.4. The molecule has 0 aliphatic carbocycles. The monoisotopic (exact) mass is 1130 g/mol. The molecule has 14 aromatic carbocycles. The van der Waals surface area contributed by atoms with Crippen molar-refractivity contribution in [2.75, 3.05) is 0 Å². The van der Waals surface area contributed by atoms with E-state index >= 15 is 0 Å². The summed E-state index contributed by atoms with van der Waals surface area (Å²) in [4.78, 5) is 0. The summed E-state index contributed by atoms with van der Waals surface area (Å²) in [7, 11) is 0. The van der Waals surface area contributed by atoms with Gasteiger partial charge >= 0.3 is 0 Å². The predicted octanol–water partition coefficient (Wildman–Crippen LogP) is 17.9. The molecule has 3 nitrogen and oxygen atoms in total. The quantitative estimate of drug-likeness (QED) is 0.161. The molecule has 0 radical (unpaired) electrons. The molecule has 0 bridgehead atoms. The molecule has 0 fully saturated rings. The van der Waals surface area contributed by atoms with E-state index in [-0.39, 0.29) is 13.4 Å². The molecule has 17 aromatic rings. The topological polar surface area (TPSA) is 31.2 Å². The van der Waals surface area contributed by atoms with E-state index in [9.17, 15) is 0 Å². The SMILES string of the molecule is c1ccc(-n2c3ccccc3c3cc(B4c5cc6c(cc5-c5ccccc5-c5cc7oc8ccccc8c7cc54)oc4ccccc46)ccc32)cc1.c1ccc(B2c3cc(-c4ccccc4)ccc3-c3ccccc3-c3ccc(-c4ccccc4)cc32)cc1. The highest BCUT2D eigenvalue weighted by Crippen LogP contribution is 2.42. The maximum atomic E-state index is 6.52. The van der Waals surface area contributed by atoms with Gasteiger partial charge in [0.05, 0.1) is 11.0 Å².